The maximum absolute atomic E-state index is 12.2. The van der Waals surface area contributed by atoms with Crippen molar-refractivity contribution in [2.24, 2.45) is 0 Å². The standard InChI is InChI=1S/C13H16F3N3O2/c14-13(15,16)8-21-12-9(3-1-6-18-12)7-19-11(20)10-4-2-5-17-10/h1,3,6,10,17H,2,4-5,7-8H2,(H,19,20). The molecule has 21 heavy (non-hydrogen) atoms. The second-order valence-electron chi connectivity index (χ2n) is 4.74. The first kappa shape index (κ1) is 15.6. The molecule has 0 aromatic carbocycles. The summed E-state index contributed by atoms with van der Waals surface area (Å²) in [6.07, 6.45) is -1.39. The zero-order chi connectivity index (χ0) is 15.3. The zero-order valence-electron chi connectivity index (χ0n) is 11.2. The normalized spacial score (nSPS) is 18.5. The Labute approximate surface area is 119 Å². The van der Waals surface area contributed by atoms with E-state index in [1.54, 1.807) is 12.1 Å². The van der Waals surface area contributed by atoms with Gasteiger partial charge >= 0.3 is 6.18 Å². The van der Waals surface area contributed by atoms with Crippen LogP contribution >= 0.6 is 0 Å². The van der Waals surface area contributed by atoms with Crippen molar-refractivity contribution >= 4 is 5.91 Å². The van der Waals surface area contributed by atoms with Crippen molar-refractivity contribution in [3.8, 4) is 5.88 Å². The van der Waals surface area contributed by atoms with Crippen LogP contribution in [0.25, 0.3) is 0 Å². The fraction of sp³-hybridized carbons (Fsp3) is 0.538. The third-order valence-electron chi connectivity index (χ3n) is 3.05. The lowest BCUT2D eigenvalue weighted by Crippen LogP contribution is -2.40. The van der Waals surface area contributed by atoms with Gasteiger partial charge in [0, 0.05) is 18.3 Å². The Morgan fingerprint density at radius 1 is 1.52 bits per heavy atom. The average molecular weight is 303 g/mol. The number of aromatic nitrogens is 1. The molecule has 116 valence electrons. The van der Waals surface area contributed by atoms with Gasteiger partial charge in [0.15, 0.2) is 6.61 Å². The summed E-state index contributed by atoms with van der Waals surface area (Å²) in [6, 6.07) is 2.91. The minimum absolute atomic E-state index is 0.0814. The molecule has 1 aromatic rings. The van der Waals surface area contributed by atoms with Crippen molar-refractivity contribution in [3.05, 3.63) is 23.9 Å². The number of hydrogen-bond donors (Lipinski definition) is 2. The van der Waals surface area contributed by atoms with Crippen molar-refractivity contribution in [2.45, 2.75) is 31.6 Å². The van der Waals surface area contributed by atoms with Crippen LogP contribution in [0.2, 0.25) is 0 Å². The molecule has 0 bridgehead atoms. The van der Waals surface area contributed by atoms with Gasteiger partial charge in [-0.2, -0.15) is 13.2 Å². The van der Waals surface area contributed by atoms with Crippen LogP contribution in [0.15, 0.2) is 18.3 Å². The van der Waals surface area contributed by atoms with Gasteiger partial charge in [0.05, 0.1) is 6.04 Å². The quantitative estimate of drug-likeness (QED) is 0.863. The lowest BCUT2D eigenvalue weighted by atomic mass is 10.2. The highest BCUT2D eigenvalue weighted by Crippen LogP contribution is 2.20. The highest BCUT2D eigenvalue weighted by Gasteiger charge is 2.29. The summed E-state index contributed by atoms with van der Waals surface area (Å²) in [6.45, 7) is -0.530. The molecule has 0 aliphatic carbocycles. The fourth-order valence-electron chi connectivity index (χ4n) is 2.05. The first-order chi connectivity index (χ1) is 9.96. The van der Waals surface area contributed by atoms with Gasteiger partial charge in [-0.05, 0) is 25.5 Å². The molecule has 1 atom stereocenters. The van der Waals surface area contributed by atoms with E-state index in [4.69, 9.17) is 0 Å². The second-order valence-corrected chi connectivity index (χ2v) is 4.74. The van der Waals surface area contributed by atoms with Gasteiger partial charge in [0.25, 0.3) is 0 Å². The number of halogens is 3. The third-order valence-corrected chi connectivity index (χ3v) is 3.05. The van der Waals surface area contributed by atoms with Gasteiger partial charge in [-0.1, -0.05) is 6.07 Å². The molecule has 1 unspecified atom stereocenters. The van der Waals surface area contributed by atoms with Gasteiger partial charge in [-0.25, -0.2) is 4.98 Å². The third kappa shape index (κ3) is 4.89. The highest BCUT2D eigenvalue weighted by atomic mass is 19.4. The Morgan fingerprint density at radius 3 is 3.00 bits per heavy atom. The molecule has 5 nitrogen and oxygen atoms in total. The van der Waals surface area contributed by atoms with Crippen LogP contribution in [0, 0.1) is 0 Å². The predicted octanol–water partition coefficient (Wildman–Crippen LogP) is 1.39. The van der Waals surface area contributed by atoms with Crippen LogP contribution in [0.1, 0.15) is 18.4 Å². The summed E-state index contributed by atoms with van der Waals surface area (Å²) in [5.74, 6) is -0.285. The van der Waals surface area contributed by atoms with E-state index in [2.05, 4.69) is 20.4 Å². The summed E-state index contributed by atoms with van der Waals surface area (Å²) < 4.78 is 41.1. The Morgan fingerprint density at radius 2 is 2.33 bits per heavy atom. The first-order valence-corrected chi connectivity index (χ1v) is 6.60. The van der Waals surface area contributed by atoms with Gasteiger partial charge in [-0.15, -0.1) is 0 Å². The molecular formula is C13H16F3N3O2. The summed E-state index contributed by atoms with van der Waals surface area (Å²) in [5.41, 5.74) is 0.410. The fourth-order valence-corrected chi connectivity index (χ4v) is 2.05. The van der Waals surface area contributed by atoms with Gasteiger partial charge in [0.1, 0.15) is 0 Å². The number of carbonyl (C=O) groups excluding carboxylic acids is 1. The van der Waals surface area contributed by atoms with Crippen LogP contribution in [0.5, 0.6) is 5.88 Å². The molecule has 1 aliphatic rings. The first-order valence-electron chi connectivity index (χ1n) is 6.60. The van der Waals surface area contributed by atoms with Crippen LogP contribution in [-0.4, -0.2) is 36.3 Å². The number of rotatable bonds is 5. The van der Waals surface area contributed by atoms with Crippen LogP contribution < -0.4 is 15.4 Å². The molecule has 1 fully saturated rings. The molecular weight excluding hydrogens is 287 g/mol. The average Bonchev–Trinajstić information content (AvgIpc) is 2.96. The van der Waals surface area contributed by atoms with E-state index in [1.165, 1.54) is 6.20 Å². The van der Waals surface area contributed by atoms with Crippen molar-refractivity contribution in [3.63, 3.8) is 0 Å². The summed E-state index contributed by atoms with van der Waals surface area (Å²) >= 11 is 0. The number of pyridine rings is 1. The molecule has 0 spiro atoms. The summed E-state index contributed by atoms with van der Waals surface area (Å²) in [7, 11) is 0. The van der Waals surface area contributed by atoms with Crippen LogP contribution in [0.3, 0.4) is 0 Å². The van der Waals surface area contributed by atoms with Crippen molar-refractivity contribution in [1.29, 1.82) is 0 Å². The maximum Gasteiger partial charge on any atom is 0.422 e. The number of alkyl halides is 3. The van der Waals surface area contributed by atoms with Crippen molar-refractivity contribution < 1.29 is 22.7 Å². The van der Waals surface area contributed by atoms with E-state index in [1.807, 2.05) is 0 Å². The molecule has 0 saturated carbocycles. The summed E-state index contributed by atoms with van der Waals surface area (Å²) in [4.78, 5) is 15.6. The molecule has 1 aromatic heterocycles. The Kier molecular flexibility index (Phi) is 5.00. The Hall–Kier alpha value is -1.83. The second kappa shape index (κ2) is 6.75. The summed E-state index contributed by atoms with van der Waals surface area (Å²) in [5, 5.41) is 5.72. The zero-order valence-corrected chi connectivity index (χ0v) is 11.2. The Bertz CT molecular complexity index is 488. The van der Waals surface area contributed by atoms with E-state index >= 15 is 0 Å². The van der Waals surface area contributed by atoms with Crippen LogP contribution in [-0.2, 0) is 11.3 Å². The maximum atomic E-state index is 12.2. The minimum Gasteiger partial charge on any atom is -0.468 e. The number of nitrogens with zero attached hydrogens (tertiary/aromatic N) is 1. The van der Waals surface area contributed by atoms with Crippen molar-refractivity contribution in [1.82, 2.24) is 15.6 Å². The van der Waals surface area contributed by atoms with E-state index < -0.39 is 12.8 Å². The number of hydrogen-bond acceptors (Lipinski definition) is 4. The number of nitrogens with one attached hydrogen (secondary N) is 2. The number of carbonyl (C=O) groups is 1. The largest absolute Gasteiger partial charge is 0.468 e. The van der Waals surface area contributed by atoms with E-state index in [0.717, 1.165) is 19.4 Å². The lowest BCUT2D eigenvalue weighted by molar-refractivity contribution is -0.154. The smallest absolute Gasteiger partial charge is 0.422 e. The molecule has 1 aliphatic heterocycles. The molecule has 2 N–H and O–H groups in total. The van der Waals surface area contributed by atoms with E-state index in [0.29, 0.717) is 5.56 Å². The van der Waals surface area contributed by atoms with E-state index in [9.17, 15) is 18.0 Å². The molecule has 0 radical (unpaired) electrons. The number of ether oxygens (including phenoxy) is 1. The lowest BCUT2D eigenvalue weighted by Gasteiger charge is -2.14. The van der Waals surface area contributed by atoms with E-state index in [-0.39, 0.29) is 24.4 Å². The molecule has 2 rings (SSSR count). The number of amides is 1. The molecule has 1 saturated heterocycles. The highest BCUT2D eigenvalue weighted by molar-refractivity contribution is 5.82. The van der Waals surface area contributed by atoms with Gasteiger partial charge in [-0.3, -0.25) is 4.79 Å². The van der Waals surface area contributed by atoms with Crippen molar-refractivity contribution in [2.75, 3.05) is 13.2 Å². The van der Waals surface area contributed by atoms with Gasteiger partial charge in [0.2, 0.25) is 11.8 Å². The van der Waals surface area contributed by atoms with Gasteiger partial charge < -0.3 is 15.4 Å². The predicted molar refractivity (Wildman–Crippen MR) is 68.7 cm³/mol. The monoisotopic (exact) mass is 303 g/mol. The molecule has 2 heterocycles. The molecule has 1 amide bonds. The SMILES string of the molecule is O=C(NCc1cccnc1OCC(F)(F)F)C1CCCN1. The minimum atomic E-state index is -4.42. The topological polar surface area (TPSA) is 63.2 Å². The van der Waals surface area contributed by atoms with Crippen LogP contribution in [0.4, 0.5) is 13.2 Å². The molecule has 8 heteroatoms. The Balaban J connectivity index is 1.91.